The summed E-state index contributed by atoms with van der Waals surface area (Å²) in [6.07, 6.45) is 0.873. The second-order valence-electron chi connectivity index (χ2n) is 6.54. The number of nitrogens with zero attached hydrogens (tertiary/aromatic N) is 1. The van der Waals surface area contributed by atoms with Gasteiger partial charge < -0.3 is 9.64 Å². The lowest BCUT2D eigenvalue weighted by atomic mass is 9.85. The van der Waals surface area contributed by atoms with Gasteiger partial charge in [-0.1, -0.05) is 55.1 Å². The molecule has 0 aliphatic heterocycles. The fraction of sp³-hybridized carbons (Fsp3) is 0.273. The number of carbonyl (C=O) groups excluding carboxylic acids is 2. The predicted molar refractivity (Wildman–Crippen MR) is 103 cm³/mol. The number of hydrogen-bond acceptors (Lipinski definition) is 4. The van der Waals surface area contributed by atoms with Crippen molar-refractivity contribution in [2.75, 3.05) is 27.2 Å². The molecule has 4 nitrogen and oxygen atoms in total. The second kappa shape index (κ2) is 9.11. The topological polar surface area (TPSA) is 46.6 Å². The van der Waals surface area contributed by atoms with Gasteiger partial charge in [0, 0.05) is 23.2 Å². The monoisotopic (exact) mass is 351 g/mol. The number of fused-ring (bicyclic) bond motifs is 2. The molecule has 3 rings (SSSR count). The highest BCUT2D eigenvalue weighted by molar-refractivity contribution is 6.12. The van der Waals surface area contributed by atoms with Crippen LogP contribution < -0.4 is 0 Å². The molecule has 0 unspecified atom stereocenters. The number of rotatable bonds is 4. The Morgan fingerprint density at radius 3 is 2.00 bits per heavy atom. The van der Waals surface area contributed by atoms with Crippen molar-refractivity contribution >= 4 is 11.8 Å². The van der Waals surface area contributed by atoms with Crippen LogP contribution in [0.1, 0.15) is 34.0 Å². The molecule has 1 aliphatic carbocycles. The summed E-state index contributed by atoms with van der Waals surface area (Å²) >= 11 is 0. The van der Waals surface area contributed by atoms with E-state index >= 15 is 0 Å². The molecule has 0 bridgehead atoms. The van der Waals surface area contributed by atoms with Gasteiger partial charge in [0.15, 0.2) is 5.78 Å². The van der Waals surface area contributed by atoms with E-state index in [9.17, 15) is 9.59 Å². The molecule has 2 aromatic rings. The smallest absolute Gasteiger partial charge is 0.333 e. The summed E-state index contributed by atoms with van der Waals surface area (Å²) in [7, 11) is 3.85. The van der Waals surface area contributed by atoms with Crippen molar-refractivity contribution < 1.29 is 14.3 Å². The molecule has 4 heteroatoms. The third-order valence-electron chi connectivity index (χ3n) is 4.03. The third kappa shape index (κ3) is 5.14. The molecule has 0 saturated carbocycles. The zero-order valence-corrected chi connectivity index (χ0v) is 15.6. The summed E-state index contributed by atoms with van der Waals surface area (Å²) < 4.78 is 4.83. The van der Waals surface area contributed by atoms with E-state index in [-0.39, 0.29) is 11.8 Å². The number of esters is 1. The molecule has 0 fully saturated rings. The van der Waals surface area contributed by atoms with Crippen LogP contribution in [0, 0.1) is 0 Å². The van der Waals surface area contributed by atoms with E-state index in [1.807, 2.05) is 67.5 Å². The Morgan fingerprint density at radius 2 is 1.54 bits per heavy atom. The largest absolute Gasteiger partial charge is 0.461 e. The van der Waals surface area contributed by atoms with Gasteiger partial charge in [-0.05, 0) is 38.6 Å². The van der Waals surface area contributed by atoms with Gasteiger partial charge in [-0.25, -0.2) is 4.79 Å². The van der Waals surface area contributed by atoms with Crippen molar-refractivity contribution in [1.82, 2.24) is 4.90 Å². The van der Waals surface area contributed by atoms with Crippen molar-refractivity contribution in [1.29, 1.82) is 0 Å². The van der Waals surface area contributed by atoms with Gasteiger partial charge in [0.2, 0.25) is 0 Å². The Balaban J connectivity index is 0.000000199. The molecule has 0 saturated heterocycles. The molecule has 0 amide bonds. The van der Waals surface area contributed by atoms with Crippen molar-refractivity contribution in [2.45, 2.75) is 13.3 Å². The summed E-state index contributed by atoms with van der Waals surface area (Å²) in [5, 5.41) is 0. The van der Waals surface area contributed by atoms with Gasteiger partial charge in [0.25, 0.3) is 0 Å². The maximum absolute atomic E-state index is 12.1. The van der Waals surface area contributed by atoms with Gasteiger partial charge in [0.1, 0.15) is 6.61 Å². The van der Waals surface area contributed by atoms with Crippen LogP contribution in [0.3, 0.4) is 0 Å². The SMILES string of the molecule is C=C(C)C(=O)OCCN(C)C.O=C1c2ccccc2Cc2ccccc21. The lowest BCUT2D eigenvalue weighted by molar-refractivity contribution is -0.139. The Hall–Kier alpha value is -2.72. The standard InChI is InChI=1S/C14H10O.C8H15NO2/c15-14-12-7-3-1-5-10(12)9-11-6-2-4-8-13(11)14;1-7(2)8(10)11-6-5-9(3)4/h1-8H,9H2;1,5-6H2,2-4H3. The Morgan fingerprint density at radius 1 is 1.04 bits per heavy atom. The normalized spacial score (nSPS) is 11.8. The lowest BCUT2D eigenvalue weighted by Gasteiger charge is -2.17. The van der Waals surface area contributed by atoms with Gasteiger partial charge in [-0.2, -0.15) is 0 Å². The number of carbonyl (C=O) groups is 2. The minimum atomic E-state index is -0.313. The molecular formula is C22H25NO3. The molecule has 26 heavy (non-hydrogen) atoms. The van der Waals surface area contributed by atoms with Gasteiger partial charge in [-0.3, -0.25) is 4.79 Å². The van der Waals surface area contributed by atoms with E-state index in [0.717, 1.165) is 35.2 Å². The van der Waals surface area contributed by atoms with Crippen molar-refractivity contribution in [3.63, 3.8) is 0 Å². The van der Waals surface area contributed by atoms with Crippen LogP contribution in [0.5, 0.6) is 0 Å². The summed E-state index contributed by atoms with van der Waals surface area (Å²) in [6, 6.07) is 15.7. The summed E-state index contributed by atoms with van der Waals surface area (Å²) in [5.74, 6) is -0.153. The second-order valence-corrected chi connectivity index (χ2v) is 6.54. The molecule has 2 aromatic carbocycles. The third-order valence-corrected chi connectivity index (χ3v) is 4.03. The van der Waals surface area contributed by atoms with Crippen LogP contribution in [-0.2, 0) is 16.0 Å². The summed E-state index contributed by atoms with van der Waals surface area (Å²) in [4.78, 5) is 24.8. The maximum atomic E-state index is 12.1. The van der Waals surface area contributed by atoms with Crippen molar-refractivity contribution in [3.05, 3.63) is 82.9 Å². The van der Waals surface area contributed by atoms with Gasteiger partial charge in [0.05, 0.1) is 0 Å². The van der Waals surface area contributed by atoms with Crippen LogP contribution >= 0.6 is 0 Å². The Kier molecular flexibility index (Phi) is 6.87. The Bertz CT molecular complexity index is 761. The maximum Gasteiger partial charge on any atom is 0.333 e. The van der Waals surface area contributed by atoms with Crippen molar-refractivity contribution in [2.24, 2.45) is 0 Å². The first-order chi connectivity index (χ1) is 12.4. The first kappa shape index (κ1) is 19.6. The van der Waals surface area contributed by atoms with Crippen LogP contribution in [0.25, 0.3) is 0 Å². The van der Waals surface area contributed by atoms with E-state index in [1.54, 1.807) is 6.92 Å². The van der Waals surface area contributed by atoms with E-state index < -0.39 is 0 Å². The summed E-state index contributed by atoms with van der Waals surface area (Å²) in [6.45, 7) is 6.28. The lowest BCUT2D eigenvalue weighted by Crippen LogP contribution is -2.20. The fourth-order valence-electron chi connectivity index (χ4n) is 2.59. The minimum Gasteiger partial charge on any atom is -0.461 e. The number of benzene rings is 2. The highest BCUT2D eigenvalue weighted by Gasteiger charge is 2.21. The average molecular weight is 351 g/mol. The number of ether oxygens (including phenoxy) is 1. The van der Waals surface area contributed by atoms with E-state index in [2.05, 4.69) is 6.58 Å². The quantitative estimate of drug-likeness (QED) is 0.533. The Labute approximate surface area is 155 Å². The highest BCUT2D eigenvalue weighted by Crippen LogP contribution is 2.26. The zero-order valence-electron chi connectivity index (χ0n) is 15.6. The van der Waals surface area contributed by atoms with Crippen LogP contribution in [-0.4, -0.2) is 43.9 Å². The average Bonchev–Trinajstić information content (AvgIpc) is 2.62. The summed E-state index contributed by atoms with van der Waals surface area (Å²) in [5.41, 5.74) is 4.44. The zero-order chi connectivity index (χ0) is 19.1. The molecule has 1 aliphatic rings. The molecule has 0 atom stereocenters. The predicted octanol–water partition coefficient (Wildman–Crippen LogP) is 3.49. The molecule has 0 spiro atoms. The van der Waals surface area contributed by atoms with Crippen LogP contribution in [0.2, 0.25) is 0 Å². The highest BCUT2D eigenvalue weighted by atomic mass is 16.5. The molecule has 0 N–H and O–H groups in total. The van der Waals surface area contributed by atoms with Gasteiger partial charge >= 0.3 is 5.97 Å². The van der Waals surface area contributed by atoms with Crippen LogP contribution in [0.4, 0.5) is 0 Å². The molecule has 0 aromatic heterocycles. The number of hydrogen-bond donors (Lipinski definition) is 0. The first-order valence-electron chi connectivity index (χ1n) is 8.58. The van der Waals surface area contributed by atoms with Crippen molar-refractivity contribution in [3.8, 4) is 0 Å². The van der Waals surface area contributed by atoms with E-state index in [1.165, 1.54) is 0 Å². The first-order valence-corrected chi connectivity index (χ1v) is 8.58. The van der Waals surface area contributed by atoms with Gasteiger partial charge in [-0.15, -0.1) is 0 Å². The van der Waals surface area contributed by atoms with E-state index in [4.69, 9.17) is 4.74 Å². The molecule has 136 valence electrons. The minimum absolute atomic E-state index is 0.160. The molecule has 0 heterocycles. The van der Waals surface area contributed by atoms with E-state index in [0.29, 0.717) is 12.2 Å². The fourth-order valence-corrected chi connectivity index (χ4v) is 2.59. The van der Waals surface area contributed by atoms with Crippen LogP contribution in [0.15, 0.2) is 60.7 Å². The number of likely N-dealkylation sites (N-methyl/N-ethyl adjacent to an activating group) is 1. The molecule has 0 radical (unpaired) electrons. The molecular weight excluding hydrogens is 326 g/mol. The number of ketones is 1.